The lowest BCUT2D eigenvalue weighted by Gasteiger charge is -2.24. The van der Waals surface area contributed by atoms with Crippen LogP contribution in [0.3, 0.4) is 0 Å². The second-order valence-corrected chi connectivity index (χ2v) is 11.3. The molecule has 8 nitrogen and oxygen atoms in total. The van der Waals surface area contributed by atoms with E-state index in [0.29, 0.717) is 33.0 Å². The third kappa shape index (κ3) is 5.88. The average Bonchev–Trinajstić information content (AvgIpc) is 3.69. The molecule has 1 aliphatic rings. The summed E-state index contributed by atoms with van der Waals surface area (Å²) in [5.74, 6) is -0.727. The molecule has 0 fully saturated rings. The molecule has 0 spiro atoms. The van der Waals surface area contributed by atoms with Gasteiger partial charge in [0.1, 0.15) is 5.75 Å². The van der Waals surface area contributed by atoms with Gasteiger partial charge in [-0.15, -0.1) is 10.2 Å². The summed E-state index contributed by atoms with van der Waals surface area (Å²) in [5.41, 5.74) is 1.55. The van der Waals surface area contributed by atoms with Crippen molar-refractivity contribution >= 4 is 51.5 Å². The van der Waals surface area contributed by atoms with Gasteiger partial charge >= 0.3 is 0 Å². The molecule has 0 bridgehead atoms. The monoisotopic (exact) mass is 581 g/mol. The van der Waals surface area contributed by atoms with Gasteiger partial charge in [-0.2, -0.15) is 0 Å². The van der Waals surface area contributed by atoms with Gasteiger partial charge in [0.15, 0.2) is 15.9 Å². The topological polar surface area (TPSA) is 106 Å². The summed E-state index contributed by atoms with van der Waals surface area (Å²) in [6.45, 7) is 2.61. The Morgan fingerprint density at radius 2 is 2.00 bits per heavy atom. The zero-order valence-corrected chi connectivity index (χ0v) is 23.3. The molecule has 1 aliphatic heterocycles. The third-order valence-electron chi connectivity index (χ3n) is 6.02. The number of aliphatic hydroxyl groups excluding tert-OH is 1. The molecule has 2 aromatic carbocycles. The molecule has 1 amide bonds. The standard InChI is InChI=1S/C28H24ClN3O5S2/c1-2-3-13-36-20-7-4-6-18(15-20)23-22(24(33)21-8-5-14-37-21)25(34)26(35)32(23)27-30-31-28(39-27)38-16-17-9-11-19(29)12-10-17/h4-12,14-15,23,34H,2-3,13,16H2,1H3. The molecule has 0 saturated heterocycles. The van der Waals surface area contributed by atoms with E-state index in [9.17, 15) is 14.7 Å². The molecular weight excluding hydrogens is 558 g/mol. The van der Waals surface area contributed by atoms with Crippen molar-refractivity contribution in [2.75, 3.05) is 11.5 Å². The van der Waals surface area contributed by atoms with Crippen LogP contribution in [0.5, 0.6) is 5.75 Å². The first-order chi connectivity index (χ1) is 19.0. The first-order valence-corrected chi connectivity index (χ1v) is 14.4. The smallest absolute Gasteiger partial charge is 0.296 e. The molecule has 4 aromatic rings. The van der Waals surface area contributed by atoms with Crippen LogP contribution in [0.25, 0.3) is 0 Å². The lowest BCUT2D eigenvalue weighted by Crippen LogP contribution is -2.31. The fourth-order valence-corrected chi connectivity index (χ4v) is 6.03. The van der Waals surface area contributed by atoms with Gasteiger partial charge < -0.3 is 14.3 Å². The quantitative estimate of drug-likeness (QED) is 0.0870. The second-order valence-electron chi connectivity index (χ2n) is 8.69. The normalized spacial score (nSPS) is 15.3. The zero-order valence-electron chi connectivity index (χ0n) is 20.9. The number of amides is 1. The summed E-state index contributed by atoms with van der Waals surface area (Å²) >= 11 is 8.64. The molecule has 0 aliphatic carbocycles. The number of furan rings is 1. The van der Waals surface area contributed by atoms with Gasteiger partial charge in [-0.25, -0.2) is 0 Å². The number of Topliss-reactive ketones (excluding diaryl/α,β-unsaturated/α-hetero) is 1. The maximum atomic E-state index is 13.4. The Kier molecular flexibility index (Phi) is 8.35. The molecule has 11 heteroatoms. The number of hydrogen-bond donors (Lipinski definition) is 1. The molecular formula is C28H24ClN3O5S2. The number of aliphatic hydroxyl groups is 1. The van der Waals surface area contributed by atoms with Crippen molar-refractivity contribution in [2.45, 2.75) is 35.9 Å². The van der Waals surface area contributed by atoms with Gasteiger partial charge in [0.25, 0.3) is 5.91 Å². The Morgan fingerprint density at radius 1 is 1.18 bits per heavy atom. The average molecular weight is 582 g/mol. The number of ether oxygens (including phenoxy) is 1. The first kappa shape index (κ1) is 27.0. The Balaban J connectivity index is 1.47. The number of carbonyl (C=O) groups is 2. The number of ketones is 1. The molecule has 200 valence electrons. The Morgan fingerprint density at radius 3 is 2.74 bits per heavy atom. The highest BCUT2D eigenvalue weighted by atomic mass is 35.5. The van der Waals surface area contributed by atoms with Crippen LogP contribution in [-0.4, -0.2) is 33.6 Å². The molecule has 0 saturated carbocycles. The summed E-state index contributed by atoms with van der Waals surface area (Å²) < 4.78 is 11.8. The van der Waals surface area contributed by atoms with E-state index in [1.54, 1.807) is 24.3 Å². The predicted octanol–water partition coefficient (Wildman–Crippen LogP) is 7.04. The summed E-state index contributed by atoms with van der Waals surface area (Å²) in [5, 5.41) is 20.4. The molecule has 3 heterocycles. The van der Waals surface area contributed by atoms with Crippen LogP contribution in [0.15, 0.2) is 87.0 Å². The summed E-state index contributed by atoms with van der Waals surface area (Å²) in [6, 6.07) is 16.8. The van der Waals surface area contributed by atoms with Gasteiger partial charge in [-0.05, 0) is 53.9 Å². The minimum atomic E-state index is -0.952. The molecule has 5 rings (SSSR count). The lowest BCUT2D eigenvalue weighted by molar-refractivity contribution is -0.117. The number of benzene rings is 2. The minimum absolute atomic E-state index is 0.0167. The van der Waals surface area contributed by atoms with E-state index in [0.717, 1.165) is 18.4 Å². The number of thioether (sulfide) groups is 1. The van der Waals surface area contributed by atoms with Crippen molar-refractivity contribution in [2.24, 2.45) is 0 Å². The number of unbranched alkanes of at least 4 members (excludes halogenated alkanes) is 1. The van der Waals surface area contributed by atoms with Crippen molar-refractivity contribution in [1.29, 1.82) is 0 Å². The fourth-order valence-electron chi connectivity index (χ4n) is 4.08. The molecule has 0 radical (unpaired) electrons. The number of aromatic nitrogens is 2. The van der Waals surface area contributed by atoms with E-state index in [1.165, 1.54) is 40.3 Å². The first-order valence-electron chi connectivity index (χ1n) is 12.2. The highest BCUT2D eigenvalue weighted by Crippen LogP contribution is 2.44. The van der Waals surface area contributed by atoms with Crippen LogP contribution in [-0.2, 0) is 10.5 Å². The van der Waals surface area contributed by atoms with Gasteiger partial charge in [-0.3, -0.25) is 14.5 Å². The Labute approximate surface area is 238 Å². The van der Waals surface area contributed by atoms with Gasteiger partial charge in [0.2, 0.25) is 10.9 Å². The van der Waals surface area contributed by atoms with E-state index < -0.39 is 23.5 Å². The van der Waals surface area contributed by atoms with E-state index in [1.807, 2.05) is 30.3 Å². The number of nitrogens with zero attached hydrogens (tertiary/aromatic N) is 3. The zero-order chi connectivity index (χ0) is 27.4. The van der Waals surface area contributed by atoms with Crippen LogP contribution >= 0.6 is 34.7 Å². The maximum absolute atomic E-state index is 13.4. The maximum Gasteiger partial charge on any atom is 0.296 e. The SMILES string of the molecule is CCCCOc1cccc(C2C(C(=O)c3ccco3)=C(O)C(=O)N2c2nnc(SCc3ccc(Cl)cc3)s2)c1. The van der Waals surface area contributed by atoms with Gasteiger partial charge in [0, 0.05) is 10.8 Å². The number of rotatable bonds is 11. The lowest BCUT2D eigenvalue weighted by atomic mass is 9.95. The molecule has 2 aromatic heterocycles. The van der Waals surface area contributed by atoms with Crippen molar-refractivity contribution in [3.05, 3.63) is 100 Å². The van der Waals surface area contributed by atoms with Crippen LogP contribution in [0.2, 0.25) is 5.02 Å². The van der Waals surface area contributed by atoms with Crippen LogP contribution in [0.4, 0.5) is 5.13 Å². The Bertz CT molecular complexity index is 1500. The van der Waals surface area contributed by atoms with E-state index in [2.05, 4.69) is 17.1 Å². The van der Waals surface area contributed by atoms with Crippen LogP contribution < -0.4 is 9.64 Å². The van der Waals surface area contributed by atoms with E-state index >= 15 is 0 Å². The Hall–Kier alpha value is -3.60. The van der Waals surface area contributed by atoms with Crippen molar-refractivity contribution in [3.8, 4) is 5.75 Å². The highest BCUT2D eigenvalue weighted by molar-refractivity contribution is 8.00. The minimum Gasteiger partial charge on any atom is -0.503 e. The highest BCUT2D eigenvalue weighted by Gasteiger charge is 2.46. The molecule has 1 unspecified atom stereocenters. The summed E-state index contributed by atoms with van der Waals surface area (Å²) in [7, 11) is 0. The van der Waals surface area contributed by atoms with Crippen molar-refractivity contribution in [1.82, 2.24) is 10.2 Å². The van der Waals surface area contributed by atoms with Crippen LogP contribution in [0.1, 0.15) is 47.5 Å². The third-order valence-corrected chi connectivity index (χ3v) is 8.39. The van der Waals surface area contributed by atoms with Crippen molar-refractivity contribution < 1.29 is 23.8 Å². The second kappa shape index (κ2) is 12.1. The largest absolute Gasteiger partial charge is 0.503 e. The molecule has 1 atom stereocenters. The van der Waals surface area contributed by atoms with Gasteiger partial charge in [-0.1, -0.05) is 72.3 Å². The predicted molar refractivity (Wildman–Crippen MR) is 151 cm³/mol. The molecule has 1 N–H and O–H groups in total. The molecule has 39 heavy (non-hydrogen) atoms. The fraction of sp³-hybridized carbons (Fsp3) is 0.214. The number of halogens is 1. The summed E-state index contributed by atoms with van der Waals surface area (Å²) in [6.07, 6.45) is 3.24. The number of hydrogen-bond acceptors (Lipinski definition) is 9. The van der Waals surface area contributed by atoms with Crippen LogP contribution in [0, 0.1) is 0 Å². The van der Waals surface area contributed by atoms with E-state index in [4.69, 9.17) is 20.8 Å². The number of anilines is 1. The van der Waals surface area contributed by atoms with Gasteiger partial charge in [0.05, 0.1) is 24.5 Å². The van der Waals surface area contributed by atoms with E-state index in [-0.39, 0.29) is 16.5 Å². The number of carbonyl (C=O) groups excluding carboxylic acids is 2. The summed E-state index contributed by atoms with van der Waals surface area (Å²) in [4.78, 5) is 28.2. The van der Waals surface area contributed by atoms with Crippen molar-refractivity contribution in [3.63, 3.8) is 0 Å².